The van der Waals surface area contributed by atoms with Crippen molar-refractivity contribution in [2.24, 2.45) is 0 Å². The smallest absolute Gasteiger partial charge is 0.148 e. The Morgan fingerprint density at radius 3 is 2.50 bits per heavy atom. The quantitative estimate of drug-likeness (QED) is 0.780. The summed E-state index contributed by atoms with van der Waals surface area (Å²) in [6.45, 7) is 0. The van der Waals surface area contributed by atoms with Gasteiger partial charge in [-0.2, -0.15) is 5.10 Å². The molecule has 0 spiro atoms. The molecule has 0 bridgehead atoms. The maximum Gasteiger partial charge on any atom is 0.148 e. The minimum Gasteiger partial charge on any atom is -0.372 e. The summed E-state index contributed by atoms with van der Waals surface area (Å²) in [6, 6.07) is 4.12. The fourth-order valence-corrected chi connectivity index (χ4v) is 2.09. The van der Waals surface area contributed by atoms with Crippen LogP contribution >= 0.6 is 0 Å². The van der Waals surface area contributed by atoms with Gasteiger partial charge in [-0.05, 0) is 25.0 Å². The lowest BCUT2D eigenvalue weighted by atomic mass is 9.87. The van der Waals surface area contributed by atoms with Gasteiger partial charge in [0.25, 0.3) is 0 Å². The molecule has 3 heteroatoms. The summed E-state index contributed by atoms with van der Waals surface area (Å²) >= 11 is 0. The Morgan fingerprint density at radius 1 is 1.14 bits per heavy atom. The van der Waals surface area contributed by atoms with Gasteiger partial charge in [0.15, 0.2) is 0 Å². The normalized spacial score (nSPS) is 18.1. The van der Waals surface area contributed by atoms with Crippen molar-refractivity contribution in [3.8, 4) is 0 Å². The van der Waals surface area contributed by atoms with E-state index in [0.717, 1.165) is 5.82 Å². The van der Waals surface area contributed by atoms with Gasteiger partial charge in [0.1, 0.15) is 5.82 Å². The third-order valence-electron chi connectivity index (χ3n) is 2.96. The summed E-state index contributed by atoms with van der Waals surface area (Å²) in [5.41, 5.74) is 1.17. The Labute approximate surface area is 84.9 Å². The van der Waals surface area contributed by atoms with Gasteiger partial charge in [0.2, 0.25) is 0 Å². The predicted molar refractivity (Wildman–Crippen MR) is 57.4 cm³/mol. The van der Waals surface area contributed by atoms with Crippen molar-refractivity contribution < 1.29 is 0 Å². The van der Waals surface area contributed by atoms with Crippen LogP contribution in [0.2, 0.25) is 0 Å². The van der Waals surface area contributed by atoms with E-state index in [1.165, 1.54) is 37.8 Å². The van der Waals surface area contributed by atoms with Crippen molar-refractivity contribution in [1.29, 1.82) is 0 Å². The van der Waals surface area contributed by atoms with Gasteiger partial charge >= 0.3 is 0 Å². The summed E-state index contributed by atoms with van der Waals surface area (Å²) < 4.78 is 0. The largest absolute Gasteiger partial charge is 0.372 e. The van der Waals surface area contributed by atoms with Gasteiger partial charge in [-0.25, -0.2) is 0 Å². The van der Waals surface area contributed by atoms with Crippen LogP contribution in [0.15, 0.2) is 12.1 Å². The maximum absolute atomic E-state index is 4.26. The maximum atomic E-state index is 4.26. The molecule has 0 unspecified atom stereocenters. The summed E-state index contributed by atoms with van der Waals surface area (Å²) in [5.74, 6) is 1.51. The van der Waals surface area contributed by atoms with Gasteiger partial charge < -0.3 is 5.32 Å². The Bertz CT molecular complexity index is 275. The Hall–Kier alpha value is -1.12. The molecule has 0 aliphatic heterocycles. The van der Waals surface area contributed by atoms with E-state index in [4.69, 9.17) is 0 Å². The van der Waals surface area contributed by atoms with Gasteiger partial charge in [0.05, 0.1) is 5.69 Å². The van der Waals surface area contributed by atoms with Crippen LogP contribution < -0.4 is 5.32 Å². The molecule has 0 radical (unpaired) electrons. The monoisotopic (exact) mass is 191 g/mol. The third kappa shape index (κ3) is 2.03. The van der Waals surface area contributed by atoms with Crippen LogP contribution in [0.3, 0.4) is 0 Å². The van der Waals surface area contributed by atoms with Crippen LogP contribution in [0.4, 0.5) is 5.82 Å². The lowest BCUT2D eigenvalue weighted by Crippen LogP contribution is -2.07. The minimum absolute atomic E-state index is 0.655. The molecule has 2 rings (SSSR count). The summed E-state index contributed by atoms with van der Waals surface area (Å²) in [7, 11) is 1.87. The molecule has 0 amide bonds. The third-order valence-corrected chi connectivity index (χ3v) is 2.96. The van der Waals surface area contributed by atoms with Crippen molar-refractivity contribution in [1.82, 2.24) is 10.2 Å². The highest BCUT2D eigenvalue weighted by Gasteiger charge is 2.16. The molecule has 1 saturated carbocycles. The predicted octanol–water partition coefficient (Wildman–Crippen LogP) is 2.57. The lowest BCUT2D eigenvalue weighted by Gasteiger charge is -2.20. The molecule has 3 nitrogen and oxygen atoms in total. The van der Waals surface area contributed by atoms with E-state index >= 15 is 0 Å². The van der Waals surface area contributed by atoms with E-state index in [0.29, 0.717) is 5.92 Å². The molecule has 14 heavy (non-hydrogen) atoms. The average Bonchev–Trinajstić information content (AvgIpc) is 2.30. The first-order valence-electron chi connectivity index (χ1n) is 5.41. The number of nitrogens with one attached hydrogen (secondary N) is 1. The van der Waals surface area contributed by atoms with E-state index in [9.17, 15) is 0 Å². The van der Waals surface area contributed by atoms with Crippen molar-refractivity contribution in [3.63, 3.8) is 0 Å². The molecular formula is C11H17N3. The second-order valence-electron chi connectivity index (χ2n) is 3.93. The lowest BCUT2D eigenvalue weighted by molar-refractivity contribution is 0.434. The molecule has 1 aromatic rings. The Morgan fingerprint density at radius 2 is 1.93 bits per heavy atom. The van der Waals surface area contributed by atoms with E-state index in [2.05, 4.69) is 21.6 Å². The number of hydrogen-bond donors (Lipinski definition) is 1. The number of anilines is 1. The number of aromatic nitrogens is 2. The fraction of sp³-hybridized carbons (Fsp3) is 0.636. The van der Waals surface area contributed by atoms with Gasteiger partial charge in [-0.3, -0.25) is 0 Å². The average molecular weight is 191 g/mol. The molecule has 1 aromatic heterocycles. The van der Waals surface area contributed by atoms with E-state index in [1.54, 1.807) is 0 Å². The van der Waals surface area contributed by atoms with E-state index in [-0.39, 0.29) is 0 Å². The molecule has 1 N–H and O–H groups in total. The van der Waals surface area contributed by atoms with Crippen molar-refractivity contribution in [3.05, 3.63) is 17.8 Å². The molecule has 1 aliphatic carbocycles. The van der Waals surface area contributed by atoms with Crippen LogP contribution in [-0.2, 0) is 0 Å². The molecule has 0 aromatic carbocycles. The van der Waals surface area contributed by atoms with Crippen LogP contribution in [0.5, 0.6) is 0 Å². The van der Waals surface area contributed by atoms with E-state index in [1.807, 2.05) is 13.1 Å². The Kier molecular flexibility index (Phi) is 2.96. The van der Waals surface area contributed by atoms with Crippen molar-refractivity contribution in [2.75, 3.05) is 12.4 Å². The van der Waals surface area contributed by atoms with E-state index < -0.39 is 0 Å². The number of nitrogens with zero attached hydrogens (tertiary/aromatic N) is 2. The van der Waals surface area contributed by atoms with Crippen LogP contribution in [0.25, 0.3) is 0 Å². The second-order valence-corrected chi connectivity index (χ2v) is 3.93. The van der Waals surface area contributed by atoms with Crippen LogP contribution in [-0.4, -0.2) is 17.2 Å². The summed E-state index contributed by atoms with van der Waals surface area (Å²) in [6.07, 6.45) is 6.65. The number of hydrogen-bond acceptors (Lipinski definition) is 3. The summed E-state index contributed by atoms with van der Waals surface area (Å²) in [4.78, 5) is 0. The molecule has 1 heterocycles. The second kappa shape index (κ2) is 4.40. The standard InChI is InChI=1S/C11H17N3/c1-12-11-8-7-10(13-14-11)9-5-3-2-4-6-9/h7-9H,2-6H2,1H3,(H,12,14). The molecule has 76 valence electrons. The zero-order valence-corrected chi connectivity index (χ0v) is 8.66. The zero-order chi connectivity index (χ0) is 9.80. The highest BCUT2D eigenvalue weighted by molar-refractivity contribution is 5.32. The SMILES string of the molecule is CNc1ccc(C2CCCCC2)nn1. The highest BCUT2D eigenvalue weighted by Crippen LogP contribution is 2.31. The van der Waals surface area contributed by atoms with Gasteiger partial charge in [0, 0.05) is 13.0 Å². The van der Waals surface area contributed by atoms with Crippen LogP contribution in [0.1, 0.15) is 43.7 Å². The molecular weight excluding hydrogens is 174 g/mol. The van der Waals surface area contributed by atoms with Gasteiger partial charge in [-0.1, -0.05) is 19.3 Å². The van der Waals surface area contributed by atoms with Crippen molar-refractivity contribution in [2.45, 2.75) is 38.0 Å². The highest BCUT2D eigenvalue weighted by atomic mass is 15.2. The van der Waals surface area contributed by atoms with Crippen molar-refractivity contribution >= 4 is 5.82 Å². The number of rotatable bonds is 2. The molecule has 0 saturated heterocycles. The zero-order valence-electron chi connectivity index (χ0n) is 8.66. The van der Waals surface area contributed by atoms with Crippen LogP contribution in [0, 0.1) is 0 Å². The molecule has 0 atom stereocenters. The first-order chi connectivity index (χ1) is 6.90. The first-order valence-corrected chi connectivity index (χ1v) is 5.41. The van der Waals surface area contributed by atoms with Gasteiger partial charge in [-0.15, -0.1) is 5.10 Å². The fourth-order valence-electron chi connectivity index (χ4n) is 2.09. The minimum atomic E-state index is 0.655. The topological polar surface area (TPSA) is 37.8 Å². The Balaban J connectivity index is 2.07. The molecule has 1 fully saturated rings. The molecule has 1 aliphatic rings. The first kappa shape index (κ1) is 9.44. The summed E-state index contributed by atoms with van der Waals surface area (Å²) in [5, 5.41) is 11.4.